The van der Waals surface area contributed by atoms with Gasteiger partial charge in [0.25, 0.3) is 10.2 Å². The lowest BCUT2D eigenvalue weighted by molar-refractivity contribution is 0.294. The quantitative estimate of drug-likeness (QED) is 0.663. The predicted octanol–water partition coefficient (Wildman–Crippen LogP) is -1.05. The van der Waals surface area contributed by atoms with Crippen LogP contribution in [0, 0.1) is 0 Å². The van der Waals surface area contributed by atoms with Gasteiger partial charge in [0.15, 0.2) is 0 Å². The van der Waals surface area contributed by atoms with Gasteiger partial charge in [0.2, 0.25) is 0 Å². The van der Waals surface area contributed by atoms with Crippen LogP contribution in [-0.4, -0.2) is 62.9 Å². The van der Waals surface area contributed by atoms with Gasteiger partial charge in [0, 0.05) is 38.8 Å². The van der Waals surface area contributed by atoms with Crippen LogP contribution in [-0.2, 0) is 10.2 Å². The molecule has 0 radical (unpaired) electrons. The Kier molecular flexibility index (Phi) is 4.37. The lowest BCUT2D eigenvalue weighted by Crippen LogP contribution is -2.43. The molecule has 2 aliphatic rings. The zero-order chi connectivity index (χ0) is 12.3. The van der Waals surface area contributed by atoms with Gasteiger partial charge in [0.05, 0.1) is 0 Å². The van der Waals surface area contributed by atoms with Crippen LogP contribution < -0.4 is 10.5 Å². The van der Waals surface area contributed by atoms with Gasteiger partial charge < -0.3 is 10.6 Å². The molecule has 100 valence electrons. The molecular weight excluding hydrogens is 240 g/mol. The molecule has 0 unspecified atom stereocenters. The largest absolute Gasteiger partial charge is 0.329 e. The average molecular weight is 262 g/mol. The van der Waals surface area contributed by atoms with Crippen LogP contribution >= 0.6 is 0 Å². The van der Waals surface area contributed by atoms with Gasteiger partial charge in [-0.3, -0.25) is 0 Å². The Morgan fingerprint density at radius 1 is 1.18 bits per heavy atom. The molecule has 0 amide bonds. The topological polar surface area (TPSA) is 78.7 Å². The van der Waals surface area contributed by atoms with E-state index in [0.717, 1.165) is 38.9 Å². The maximum absolute atomic E-state index is 12.0. The molecular formula is C10H22N4O2S. The summed E-state index contributed by atoms with van der Waals surface area (Å²) >= 11 is 0. The highest BCUT2D eigenvalue weighted by atomic mass is 32.2. The first-order valence-electron chi connectivity index (χ1n) is 6.31. The molecule has 0 aromatic rings. The van der Waals surface area contributed by atoms with E-state index in [9.17, 15) is 8.42 Å². The monoisotopic (exact) mass is 262 g/mol. The lowest BCUT2D eigenvalue weighted by Gasteiger charge is -2.21. The Labute approximate surface area is 103 Å². The Morgan fingerprint density at radius 3 is 2.59 bits per heavy atom. The number of hydrogen-bond acceptors (Lipinski definition) is 4. The van der Waals surface area contributed by atoms with Crippen molar-refractivity contribution >= 4 is 10.2 Å². The molecule has 17 heavy (non-hydrogen) atoms. The third-order valence-corrected chi connectivity index (χ3v) is 4.90. The fourth-order valence-corrected chi connectivity index (χ4v) is 3.58. The minimum absolute atomic E-state index is 0.184. The molecule has 1 saturated heterocycles. The van der Waals surface area contributed by atoms with Crippen molar-refractivity contribution in [1.82, 2.24) is 13.9 Å². The smallest absolute Gasteiger partial charge is 0.279 e. The summed E-state index contributed by atoms with van der Waals surface area (Å²) in [6.45, 7) is 4.39. The summed E-state index contributed by atoms with van der Waals surface area (Å²) in [6, 6.07) is 0.184. The number of rotatable bonds is 5. The lowest BCUT2D eigenvalue weighted by atomic mass is 10.4. The van der Waals surface area contributed by atoms with Crippen LogP contribution in [0.5, 0.6) is 0 Å². The molecule has 2 rings (SSSR count). The normalized spacial score (nSPS) is 24.8. The van der Waals surface area contributed by atoms with E-state index in [1.165, 1.54) is 0 Å². The van der Waals surface area contributed by atoms with E-state index in [1.807, 2.05) is 0 Å². The maximum Gasteiger partial charge on any atom is 0.279 e. The molecule has 1 heterocycles. The van der Waals surface area contributed by atoms with Gasteiger partial charge in [-0.1, -0.05) is 0 Å². The maximum atomic E-state index is 12.0. The molecule has 1 saturated carbocycles. The van der Waals surface area contributed by atoms with Gasteiger partial charge in [-0.15, -0.1) is 0 Å². The van der Waals surface area contributed by atoms with Crippen molar-refractivity contribution in [2.75, 3.05) is 39.3 Å². The fraction of sp³-hybridized carbons (Fsp3) is 1.00. The third-order valence-electron chi connectivity index (χ3n) is 3.23. The van der Waals surface area contributed by atoms with Crippen LogP contribution in [0.4, 0.5) is 0 Å². The Balaban J connectivity index is 1.88. The van der Waals surface area contributed by atoms with E-state index < -0.39 is 10.2 Å². The highest BCUT2D eigenvalue weighted by molar-refractivity contribution is 7.87. The summed E-state index contributed by atoms with van der Waals surface area (Å²) in [5, 5.41) is 0. The van der Waals surface area contributed by atoms with E-state index in [1.54, 1.807) is 4.31 Å². The first-order valence-corrected chi connectivity index (χ1v) is 7.75. The second kappa shape index (κ2) is 5.62. The standard InChI is InChI=1S/C10H22N4O2S/c11-4-7-13-5-1-6-14(9-8-13)17(15,16)12-10-2-3-10/h10,12H,1-9,11H2. The van der Waals surface area contributed by atoms with Crippen LogP contribution in [0.25, 0.3) is 0 Å². The van der Waals surface area contributed by atoms with E-state index in [-0.39, 0.29) is 6.04 Å². The van der Waals surface area contributed by atoms with Gasteiger partial charge in [-0.05, 0) is 25.8 Å². The van der Waals surface area contributed by atoms with Crippen molar-refractivity contribution in [1.29, 1.82) is 0 Å². The van der Waals surface area contributed by atoms with E-state index in [4.69, 9.17) is 5.73 Å². The second-order valence-electron chi connectivity index (χ2n) is 4.78. The third kappa shape index (κ3) is 3.89. The van der Waals surface area contributed by atoms with Gasteiger partial charge in [-0.25, -0.2) is 0 Å². The van der Waals surface area contributed by atoms with Crippen molar-refractivity contribution in [3.63, 3.8) is 0 Å². The first-order chi connectivity index (χ1) is 8.12. The number of hydrogen-bond donors (Lipinski definition) is 2. The minimum atomic E-state index is -3.26. The van der Waals surface area contributed by atoms with Crippen LogP contribution in [0.15, 0.2) is 0 Å². The van der Waals surface area contributed by atoms with E-state index in [0.29, 0.717) is 19.6 Å². The predicted molar refractivity (Wildman–Crippen MR) is 66.8 cm³/mol. The Hall–Kier alpha value is -0.210. The summed E-state index contributed by atoms with van der Waals surface area (Å²) in [5.74, 6) is 0. The molecule has 7 heteroatoms. The van der Waals surface area contributed by atoms with E-state index >= 15 is 0 Å². The van der Waals surface area contributed by atoms with Crippen LogP contribution in [0.3, 0.4) is 0 Å². The summed E-state index contributed by atoms with van der Waals surface area (Å²) in [6.07, 6.45) is 2.84. The van der Waals surface area contributed by atoms with Crippen LogP contribution in [0.2, 0.25) is 0 Å². The molecule has 6 nitrogen and oxygen atoms in total. The Morgan fingerprint density at radius 2 is 1.94 bits per heavy atom. The summed E-state index contributed by atoms with van der Waals surface area (Å²) in [4.78, 5) is 2.23. The summed E-state index contributed by atoms with van der Waals surface area (Å²) < 4.78 is 28.4. The van der Waals surface area contributed by atoms with Crippen molar-refractivity contribution < 1.29 is 8.42 Å². The first kappa shape index (κ1) is 13.2. The zero-order valence-corrected chi connectivity index (χ0v) is 11.0. The number of nitrogens with two attached hydrogens (primary N) is 1. The molecule has 0 aromatic carbocycles. The highest BCUT2D eigenvalue weighted by Gasteiger charge is 2.31. The Bertz CT molecular complexity index is 342. The van der Waals surface area contributed by atoms with Gasteiger partial charge in [-0.2, -0.15) is 17.4 Å². The van der Waals surface area contributed by atoms with Crippen molar-refractivity contribution in [3.05, 3.63) is 0 Å². The number of nitrogens with one attached hydrogen (secondary N) is 1. The fourth-order valence-electron chi connectivity index (χ4n) is 2.08. The molecule has 0 atom stereocenters. The summed E-state index contributed by atoms with van der Waals surface area (Å²) in [5.41, 5.74) is 5.52. The summed E-state index contributed by atoms with van der Waals surface area (Å²) in [7, 11) is -3.26. The van der Waals surface area contributed by atoms with Gasteiger partial charge in [0.1, 0.15) is 0 Å². The van der Waals surface area contributed by atoms with Crippen molar-refractivity contribution in [3.8, 4) is 0 Å². The van der Waals surface area contributed by atoms with Crippen LogP contribution in [0.1, 0.15) is 19.3 Å². The van der Waals surface area contributed by atoms with Gasteiger partial charge >= 0.3 is 0 Å². The molecule has 3 N–H and O–H groups in total. The zero-order valence-electron chi connectivity index (χ0n) is 10.1. The SMILES string of the molecule is NCCN1CCCN(S(=O)(=O)NC2CC2)CC1. The molecule has 0 spiro atoms. The molecule has 0 aromatic heterocycles. The highest BCUT2D eigenvalue weighted by Crippen LogP contribution is 2.21. The molecule has 1 aliphatic carbocycles. The number of nitrogens with zero attached hydrogens (tertiary/aromatic N) is 2. The molecule has 2 fully saturated rings. The average Bonchev–Trinajstić information content (AvgIpc) is 3.05. The van der Waals surface area contributed by atoms with Crippen molar-refractivity contribution in [2.45, 2.75) is 25.3 Å². The second-order valence-corrected chi connectivity index (χ2v) is 6.48. The van der Waals surface area contributed by atoms with Crippen molar-refractivity contribution in [2.24, 2.45) is 5.73 Å². The van der Waals surface area contributed by atoms with E-state index in [2.05, 4.69) is 9.62 Å². The molecule has 0 bridgehead atoms. The minimum Gasteiger partial charge on any atom is -0.329 e. The molecule has 1 aliphatic heterocycles.